The van der Waals surface area contributed by atoms with Crippen LogP contribution in [0.25, 0.3) is 0 Å². The molecule has 0 saturated carbocycles. The highest BCUT2D eigenvalue weighted by atomic mass is 16.5. The molecule has 2 heterocycles. The maximum atomic E-state index is 6.02. The van der Waals surface area contributed by atoms with Gasteiger partial charge in [0.15, 0.2) is 0 Å². The zero-order chi connectivity index (χ0) is 10.8. The van der Waals surface area contributed by atoms with Gasteiger partial charge in [-0.15, -0.1) is 0 Å². The third kappa shape index (κ3) is 1.93. The summed E-state index contributed by atoms with van der Waals surface area (Å²) in [5, 5.41) is 3.38. The van der Waals surface area contributed by atoms with Crippen molar-refractivity contribution >= 4 is 0 Å². The minimum absolute atomic E-state index is 0.251. The summed E-state index contributed by atoms with van der Waals surface area (Å²) in [6.45, 7) is 3.59. The average Bonchev–Trinajstić information content (AvgIpc) is 2.82. The summed E-state index contributed by atoms with van der Waals surface area (Å²) in [6, 6.07) is 6.35. The van der Waals surface area contributed by atoms with Crippen LogP contribution in [0.4, 0.5) is 0 Å². The van der Waals surface area contributed by atoms with Crippen LogP contribution in [-0.2, 0) is 17.7 Å². The zero-order valence-corrected chi connectivity index (χ0v) is 9.37. The average molecular weight is 219 g/mol. The summed E-state index contributed by atoms with van der Waals surface area (Å²) in [4.78, 5) is 0. The lowest BCUT2D eigenvalue weighted by Gasteiger charge is -2.22. The molecule has 0 spiro atoms. The van der Waals surface area contributed by atoms with Gasteiger partial charge in [0, 0.05) is 13.0 Å². The first-order valence-corrected chi connectivity index (χ1v) is 5.99. The molecule has 1 aromatic rings. The number of nitrogens with one attached hydrogen (secondary N) is 1. The van der Waals surface area contributed by atoms with Crippen molar-refractivity contribution in [3.63, 3.8) is 0 Å². The van der Waals surface area contributed by atoms with Crippen LogP contribution >= 0.6 is 0 Å². The van der Waals surface area contributed by atoms with Crippen molar-refractivity contribution in [3.8, 4) is 5.75 Å². The first-order valence-electron chi connectivity index (χ1n) is 5.99. The summed E-state index contributed by atoms with van der Waals surface area (Å²) in [5.41, 5.74) is 2.76. The molecule has 0 bridgehead atoms. The van der Waals surface area contributed by atoms with Crippen LogP contribution in [0.3, 0.4) is 0 Å². The van der Waals surface area contributed by atoms with Crippen molar-refractivity contribution in [2.24, 2.45) is 0 Å². The summed E-state index contributed by atoms with van der Waals surface area (Å²) >= 11 is 0. The lowest BCUT2D eigenvalue weighted by atomic mass is 10.00. The minimum atomic E-state index is 0.251. The van der Waals surface area contributed by atoms with E-state index < -0.39 is 0 Å². The van der Waals surface area contributed by atoms with E-state index in [1.54, 1.807) is 0 Å². The highest BCUT2D eigenvalue weighted by Crippen LogP contribution is 2.27. The quantitative estimate of drug-likeness (QED) is 0.817. The lowest BCUT2D eigenvalue weighted by Crippen LogP contribution is -2.25. The molecular weight excluding hydrogens is 202 g/mol. The molecule has 2 aliphatic heterocycles. The Hall–Kier alpha value is -1.06. The van der Waals surface area contributed by atoms with Crippen LogP contribution in [0.5, 0.6) is 5.75 Å². The number of benzene rings is 1. The normalized spacial score (nSPS) is 24.1. The van der Waals surface area contributed by atoms with Gasteiger partial charge >= 0.3 is 0 Å². The number of hydrogen-bond acceptors (Lipinski definition) is 3. The van der Waals surface area contributed by atoms with Crippen LogP contribution in [0.15, 0.2) is 18.2 Å². The number of fused-ring (bicyclic) bond motifs is 1. The molecule has 3 rings (SSSR count). The van der Waals surface area contributed by atoms with Gasteiger partial charge in [0.05, 0.1) is 13.2 Å². The van der Waals surface area contributed by atoms with E-state index in [9.17, 15) is 0 Å². The van der Waals surface area contributed by atoms with Crippen molar-refractivity contribution in [1.29, 1.82) is 0 Å². The second-order valence-electron chi connectivity index (χ2n) is 4.42. The molecule has 1 fully saturated rings. The van der Waals surface area contributed by atoms with Gasteiger partial charge in [-0.25, -0.2) is 0 Å². The first kappa shape index (κ1) is 10.1. The summed E-state index contributed by atoms with van der Waals surface area (Å²) in [5.74, 6) is 1.06. The molecule has 1 atom stereocenters. The van der Waals surface area contributed by atoms with Gasteiger partial charge in [-0.2, -0.15) is 0 Å². The van der Waals surface area contributed by atoms with Crippen molar-refractivity contribution in [3.05, 3.63) is 29.3 Å². The fourth-order valence-corrected chi connectivity index (χ4v) is 2.39. The first-order chi connectivity index (χ1) is 7.93. The Bertz CT molecular complexity index is 372. The predicted octanol–water partition coefficient (Wildman–Crippen LogP) is 1.50. The minimum Gasteiger partial charge on any atom is -0.488 e. The standard InChI is InChI=1S/C13H17NO2/c1-2-10-8-14-6-4-12(10)13(3-1)16-11-5-7-15-9-11/h1-3,11,14H,4-9H2. The van der Waals surface area contributed by atoms with E-state index in [-0.39, 0.29) is 6.10 Å². The van der Waals surface area contributed by atoms with E-state index in [0.29, 0.717) is 0 Å². The van der Waals surface area contributed by atoms with E-state index in [4.69, 9.17) is 9.47 Å². The Morgan fingerprint density at radius 1 is 1.38 bits per heavy atom. The van der Waals surface area contributed by atoms with Gasteiger partial charge in [-0.3, -0.25) is 0 Å². The molecule has 0 aliphatic carbocycles. The topological polar surface area (TPSA) is 30.5 Å². The number of hydrogen-bond donors (Lipinski definition) is 1. The van der Waals surface area contributed by atoms with Crippen molar-refractivity contribution in [2.75, 3.05) is 19.8 Å². The third-order valence-electron chi connectivity index (χ3n) is 3.28. The molecule has 1 saturated heterocycles. The second kappa shape index (κ2) is 4.44. The van der Waals surface area contributed by atoms with Crippen LogP contribution in [-0.4, -0.2) is 25.9 Å². The molecule has 1 N–H and O–H groups in total. The Kier molecular flexibility index (Phi) is 2.80. The second-order valence-corrected chi connectivity index (χ2v) is 4.42. The highest BCUT2D eigenvalue weighted by molar-refractivity contribution is 5.41. The van der Waals surface area contributed by atoms with Gasteiger partial charge in [0.25, 0.3) is 0 Å². The van der Waals surface area contributed by atoms with Crippen LogP contribution in [0.2, 0.25) is 0 Å². The van der Waals surface area contributed by atoms with E-state index >= 15 is 0 Å². The van der Waals surface area contributed by atoms with E-state index in [2.05, 4.69) is 23.5 Å². The Labute approximate surface area is 95.8 Å². The molecule has 0 radical (unpaired) electrons. The fraction of sp³-hybridized carbons (Fsp3) is 0.538. The van der Waals surface area contributed by atoms with E-state index in [1.165, 1.54) is 11.1 Å². The number of ether oxygens (including phenoxy) is 2. The molecule has 3 nitrogen and oxygen atoms in total. The zero-order valence-electron chi connectivity index (χ0n) is 9.37. The summed E-state index contributed by atoms with van der Waals surface area (Å²) in [7, 11) is 0. The monoisotopic (exact) mass is 219 g/mol. The van der Waals surface area contributed by atoms with Gasteiger partial charge in [0.2, 0.25) is 0 Å². The molecule has 86 valence electrons. The van der Waals surface area contributed by atoms with Gasteiger partial charge in [0.1, 0.15) is 11.9 Å². The van der Waals surface area contributed by atoms with E-state index in [0.717, 1.165) is 44.9 Å². The fourth-order valence-electron chi connectivity index (χ4n) is 2.39. The smallest absolute Gasteiger partial charge is 0.124 e. The molecule has 1 aromatic carbocycles. The maximum Gasteiger partial charge on any atom is 0.124 e. The molecule has 0 aromatic heterocycles. The number of rotatable bonds is 2. The Morgan fingerprint density at radius 2 is 2.38 bits per heavy atom. The van der Waals surface area contributed by atoms with Crippen LogP contribution in [0.1, 0.15) is 17.5 Å². The summed E-state index contributed by atoms with van der Waals surface area (Å²) < 4.78 is 11.4. The molecule has 16 heavy (non-hydrogen) atoms. The Balaban J connectivity index is 1.82. The van der Waals surface area contributed by atoms with Crippen LogP contribution in [0, 0.1) is 0 Å². The lowest BCUT2D eigenvalue weighted by molar-refractivity contribution is 0.140. The van der Waals surface area contributed by atoms with Gasteiger partial charge in [-0.1, -0.05) is 12.1 Å². The van der Waals surface area contributed by atoms with Gasteiger partial charge < -0.3 is 14.8 Å². The SMILES string of the molecule is c1cc2c(c(OC3CCOC3)c1)CCNC2. The van der Waals surface area contributed by atoms with Crippen LogP contribution < -0.4 is 10.1 Å². The molecule has 2 aliphatic rings. The maximum absolute atomic E-state index is 6.02. The largest absolute Gasteiger partial charge is 0.488 e. The van der Waals surface area contributed by atoms with Crippen molar-refractivity contribution in [2.45, 2.75) is 25.5 Å². The molecular formula is C13H17NO2. The summed E-state index contributed by atoms with van der Waals surface area (Å²) in [6.07, 6.45) is 2.34. The Morgan fingerprint density at radius 3 is 3.25 bits per heavy atom. The van der Waals surface area contributed by atoms with E-state index in [1.807, 2.05) is 0 Å². The molecule has 1 unspecified atom stereocenters. The van der Waals surface area contributed by atoms with Gasteiger partial charge in [-0.05, 0) is 30.2 Å². The molecule has 0 amide bonds. The van der Waals surface area contributed by atoms with Crippen molar-refractivity contribution < 1.29 is 9.47 Å². The third-order valence-corrected chi connectivity index (χ3v) is 3.28. The predicted molar refractivity (Wildman–Crippen MR) is 61.7 cm³/mol. The van der Waals surface area contributed by atoms with Crippen molar-refractivity contribution in [1.82, 2.24) is 5.32 Å². The molecule has 3 heteroatoms. The highest BCUT2D eigenvalue weighted by Gasteiger charge is 2.20.